The molecule has 1 aromatic rings. The summed E-state index contributed by atoms with van der Waals surface area (Å²) >= 11 is 3.44. The molecule has 0 radical (unpaired) electrons. The van der Waals surface area contributed by atoms with Crippen molar-refractivity contribution < 1.29 is 15.3 Å². The summed E-state index contributed by atoms with van der Waals surface area (Å²) in [6, 6.07) is 10.6. The standard InChI is InChI=1S/C10H14NS.3CH3O.Sn/c1-2-12-10(8-11)9-6-4-3-5-7-9;3*1-2;/h3-7H,2,8,11H2,1H3;3*1H3;/q;3*-1;+3. The van der Waals surface area contributed by atoms with Crippen molar-refractivity contribution in [3.8, 4) is 0 Å². The number of hydrogen-bond acceptors (Lipinski definition) is 5. The van der Waals surface area contributed by atoms with Crippen molar-refractivity contribution in [2.75, 3.05) is 33.6 Å². The Balaban J connectivity index is -0.000000375. The van der Waals surface area contributed by atoms with E-state index in [-0.39, 0.29) is 2.76 Å². The van der Waals surface area contributed by atoms with E-state index in [9.17, 15) is 0 Å². The third-order valence-electron chi connectivity index (χ3n) is 1.92. The van der Waals surface area contributed by atoms with Crippen LogP contribution < -0.4 is 21.1 Å². The second-order valence-electron chi connectivity index (χ2n) is 2.83. The molecule has 1 rings (SSSR count). The molecule has 0 bridgehead atoms. The number of thioether (sulfide) groups is 1. The van der Waals surface area contributed by atoms with Gasteiger partial charge in [0.1, 0.15) is 0 Å². The third kappa shape index (κ3) is 10.6. The maximum atomic E-state index is 8.25. The Hall–Kier alpha value is 0.209. The first-order valence-electron chi connectivity index (χ1n) is 5.60. The van der Waals surface area contributed by atoms with Crippen LogP contribution in [0.3, 0.4) is 0 Å². The van der Waals surface area contributed by atoms with E-state index in [2.05, 4.69) is 31.2 Å². The fraction of sp³-hybridized carbons (Fsp3) is 0.538. The van der Waals surface area contributed by atoms with Gasteiger partial charge in [-0.3, -0.25) is 0 Å². The molecule has 6 heteroatoms. The van der Waals surface area contributed by atoms with Crippen LogP contribution in [0.25, 0.3) is 0 Å². The maximum absolute atomic E-state index is 8.25. The molecule has 19 heavy (non-hydrogen) atoms. The first-order chi connectivity index (χ1) is 9.23. The molecule has 0 spiro atoms. The fourth-order valence-corrected chi connectivity index (χ4v) is 3.84. The van der Waals surface area contributed by atoms with Crippen LogP contribution in [0.1, 0.15) is 12.5 Å². The smallest absolute Gasteiger partial charge is 0.153 e. The second-order valence-corrected chi connectivity index (χ2v) is 7.86. The first kappa shape index (κ1) is 24.2. The zero-order valence-corrected chi connectivity index (χ0v) is 15.7. The summed E-state index contributed by atoms with van der Waals surface area (Å²) in [6.07, 6.45) is 0. The van der Waals surface area contributed by atoms with E-state index in [0.717, 1.165) is 33.6 Å². The van der Waals surface area contributed by atoms with E-state index in [0.29, 0.717) is 0 Å². The molecule has 0 aliphatic rings. The number of rotatable bonds is 4. The summed E-state index contributed by atoms with van der Waals surface area (Å²) in [5.41, 5.74) is 7.19. The zero-order valence-electron chi connectivity index (χ0n) is 12.0. The van der Waals surface area contributed by atoms with Gasteiger partial charge >= 0.3 is 97.9 Å². The van der Waals surface area contributed by atoms with Crippen LogP contribution in [0.2, 0.25) is 0 Å². The van der Waals surface area contributed by atoms with E-state index in [4.69, 9.17) is 21.1 Å². The molecular weight excluding hydrogens is 369 g/mol. The largest absolute Gasteiger partial charge is 0.857 e. The average Bonchev–Trinajstić information content (AvgIpc) is 2.54. The minimum Gasteiger partial charge on any atom is -0.857 e. The van der Waals surface area contributed by atoms with E-state index in [1.54, 1.807) is 0 Å². The Kier molecular flexibility index (Phi) is 23.2. The van der Waals surface area contributed by atoms with Crippen LogP contribution in [-0.4, -0.2) is 56.2 Å². The van der Waals surface area contributed by atoms with Gasteiger partial charge in [0.25, 0.3) is 0 Å². The van der Waals surface area contributed by atoms with Crippen molar-refractivity contribution in [3.63, 3.8) is 0 Å². The van der Waals surface area contributed by atoms with Crippen molar-refractivity contribution >= 4 is 34.3 Å². The SMILES string of the molecule is CCS[C]([Sn+3])(CN)c1ccccc1.C[O-].C[O-].C[O-]. The molecule has 0 aliphatic carbocycles. The quantitative estimate of drug-likeness (QED) is 0.640. The second kappa shape index (κ2) is 18.2. The van der Waals surface area contributed by atoms with E-state index < -0.39 is 0 Å². The molecule has 0 saturated heterocycles. The minimum atomic E-state index is 0.169. The Labute approximate surface area is 134 Å². The summed E-state index contributed by atoms with van der Waals surface area (Å²) in [5.74, 6) is 1.12. The summed E-state index contributed by atoms with van der Waals surface area (Å²) in [5, 5.41) is 24.8. The van der Waals surface area contributed by atoms with Gasteiger partial charge in [-0.25, -0.2) is 0 Å². The molecule has 0 aliphatic heterocycles. The molecule has 0 saturated carbocycles. The van der Waals surface area contributed by atoms with Crippen molar-refractivity contribution in [1.29, 1.82) is 0 Å². The Morgan fingerprint density at radius 1 is 1.05 bits per heavy atom. The molecule has 0 aromatic heterocycles. The minimum absolute atomic E-state index is 0.169. The number of benzene rings is 1. The van der Waals surface area contributed by atoms with Gasteiger partial charge < -0.3 is 15.3 Å². The van der Waals surface area contributed by atoms with Crippen molar-refractivity contribution in [3.05, 3.63) is 35.9 Å². The Bertz CT molecular complexity index is 265. The van der Waals surface area contributed by atoms with Gasteiger partial charge in [-0.15, -0.1) is 0 Å². The van der Waals surface area contributed by atoms with Crippen LogP contribution in [-0.2, 0) is 2.76 Å². The summed E-state index contributed by atoms with van der Waals surface area (Å²) in [6.45, 7) is 2.91. The molecule has 1 unspecified atom stereocenters. The summed E-state index contributed by atoms with van der Waals surface area (Å²) < 4.78 is 0.169. The first-order valence-corrected chi connectivity index (χ1v) is 8.01. The van der Waals surface area contributed by atoms with E-state index in [1.165, 1.54) is 28.1 Å². The van der Waals surface area contributed by atoms with E-state index >= 15 is 0 Å². The molecule has 2 N–H and O–H groups in total. The molecule has 0 fully saturated rings. The Morgan fingerprint density at radius 3 is 1.79 bits per heavy atom. The topological polar surface area (TPSA) is 95.2 Å². The predicted molar refractivity (Wildman–Crippen MR) is 78.8 cm³/mol. The van der Waals surface area contributed by atoms with Crippen LogP contribution in [0.5, 0.6) is 0 Å². The van der Waals surface area contributed by atoms with Crippen LogP contribution in [0.15, 0.2) is 30.3 Å². The van der Waals surface area contributed by atoms with E-state index in [1.807, 2.05) is 17.8 Å². The van der Waals surface area contributed by atoms with Crippen LogP contribution in [0, 0.1) is 0 Å². The molecule has 108 valence electrons. The van der Waals surface area contributed by atoms with Gasteiger partial charge in [0.05, 0.1) is 0 Å². The molecule has 0 amide bonds. The molecule has 4 nitrogen and oxygen atoms in total. The molecule has 1 aromatic carbocycles. The van der Waals surface area contributed by atoms with Crippen LogP contribution in [0.4, 0.5) is 0 Å². The fourth-order valence-electron chi connectivity index (χ4n) is 1.21. The Morgan fingerprint density at radius 2 is 1.47 bits per heavy atom. The average molecular weight is 392 g/mol. The zero-order chi connectivity index (χ0) is 15.7. The maximum Gasteiger partial charge on any atom is -0.153 e. The normalized spacial score (nSPS) is 11.5. The van der Waals surface area contributed by atoms with Crippen molar-refractivity contribution in [2.24, 2.45) is 5.73 Å². The molecular formula is C13H23NO3SSn. The number of nitrogens with two attached hydrogens (primary N) is 1. The van der Waals surface area contributed by atoms with Gasteiger partial charge in [-0.1, -0.05) is 0 Å². The summed E-state index contributed by atoms with van der Waals surface area (Å²) in [4.78, 5) is 0. The van der Waals surface area contributed by atoms with Gasteiger partial charge in [0.2, 0.25) is 0 Å². The summed E-state index contributed by atoms with van der Waals surface area (Å²) in [7, 11) is 2.25. The van der Waals surface area contributed by atoms with Crippen LogP contribution >= 0.6 is 11.8 Å². The van der Waals surface area contributed by atoms with Crippen molar-refractivity contribution in [2.45, 2.75) is 9.69 Å². The van der Waals surface area contributed by atoms with Gasteiger partial charge in [-0.2, -0.15) is 21.3 Å². The van der Waals surface area contributed by atoms with Crippen molar-refractivity contribution in [1.82, 2.24) is 0 Å². The molecule has 1 atom stereocenters. The third-order valence-corrected chi connectivity index (χ3v) is 5.74. The molecule has 0 heterocycles. The number of hydrogen-bond donors (Lipinski definition) is 1. The predicted octanol–water partition coefficient (Wildman–Crippen LogP) is -1.35. The van der Waals surface area contributed by atoms with Gasteiger partial charge in [-0.05, 0) is 0 Å². The van der Waals surface area contributed by atoms with Gasteiger partial charge in [0.15, 0.2) is 0 Å². The monoisotopic (exact) mass is 393 g/mol. The van der Waals surface area contributed by atoms with Gasteiger partial charge in [0, 0.05) is 0 Å².